The van der Waals surface area contributed by atoms with Crippen molar-refractivity contribution < 1.29 is 19.0 Å². The number of aromatic hydroxyl groups is 1. The number of carbonyl (C=O) groups is 1. The minimum absolute atomic E-state index is 0.0355. The summed E-state index contributed by atoms with van der Waals surface area (Å²) in [4.78, 5) is 35.3. The normalized spacial score (nSPS) is 16.7. The molecule has 2 aromatic carbocycles. The molecule has 0 bridgehead atoms. The van der Waals surface area contributed by atoms with Gasteiger partial charge in [-0.05, 0) is 18.9 Å². The Morgan fingerprint density at radius 3 is 2.61 bits per heavy atom. The number of hydrogen-bond acceptors (Lipinski definition) is 9. The van der Waals surface area contributed by atoms with Gasteiger partial charge >= 0.3 is 6.01 Å². The molecule has 2 aliphatic rings. The number of anilines is 1. The number of thiazole rings is 1. The van der Waals surface area contributed by atoms with Crippen LogP contribution in [0.15, 0.2) is 77.5 Å². The van der Waals surface area contributed by atoms with Gasteiger partial charge in [0.1, 0.15) is 11.5 Å². The van der Waals surface area contributed by atoms with Crippen molar-refractivity contribution in [2.45, 2.75) is 24.9 Å². The summed E-state index contributed by atoms with van der Waals surface area (Å²) in [5, 5.41) is 16.0. The number of halogens is 1. The number of ether oxygens (including phenoxy) is 1. The molecule has 1 aliphatic carbocycles. The largest absolute Gasteiger partial charge is 0.479 e. The maximum atomic E-state index is 14.8. The second kappa shape index (κ2) is 10.9. The van der Waals surface area contributed by atoms with E-state index in [1.54, 1.807) is 12.1 Å². The quantitative estimate of drug-likeness (QED) is 0.174. The Balaban J connectivity index is 1.30. The molecular formula is C29H24FN7O3S. The topological polar surface area (TPSA) is 134 Å². The third-order valence-corrected chi connectivity index (χ3v) is 7.76. The predicted octanol–water partition coefficient (Wildman–Crippen LogP) is 4.70. The lowest BCUT2D eigenvalue weighted by Crippen LogP contribution is -2.43. The van der Waals surface area contributed by atoms with Crippen LogP contribution in [0.2, 0.25) is 0 Å². The van der Waals surface area contributed by atoms with Crippen LogP contribution >= 0.6 is 11.3 Å². The van der Waals surface area contributed by atoms with Crippen molar-refractivity contribution >= 4 is 40.4 Å². The SMILES string of the molecule is C=C(O/C(=N\C)N[C@@H]1N=C(c2ccccc2)c2cccc(F)c2NC1=O)c1nc(C2CC2)sc1-c1cnc(O)nc1. The van der Waals surface area contributed by atoms with E-state index >= 15 is 0 Å². The summed E-state index contributed by atoms with van der Waals surface area (Å²) < 4.78 is 20.8. The molecule has 6 rings (SSSR count). The molecule has 12 heteroatoms. The van der Waals surface area contributed by atoms with Gasteiger partial charge < -0.3 is 20.5 Å². The molecule has 3 heterocycles. The first kappa shape index (κ1) is 26.3. The van der Waals surface area contributed by atoms with Crippen LogP contribution in [0, 0.1) is 5.82 Å². The van der Waals surface area contributed by atoms with E-state index in [9.17, 15) is 14.3 Å². The minimum Gasteiger partial charge on any atom is -0.479 e. The highest BCUT2D eigenvalue weighted by atomic mass is 32.1. The van der Waals surface area contributed by atoms with E-state index in [0.29, 0.717) is 34.0 Å². The number of nitrogens with one attached hydrogen (secondary N) is 2. The van der Waals surface area contributed by atoms with Gasteiger partial charge in [-0.1, -0.05) is 49.0 Å². The molecule has 206 valence electrons. The summed E-state index contributed by atoms with van der Waals surface area (Å²) in [5.74, 6) is -0.614. The number of benzodiazepines with no additional fused rings is 1. The molecule has 10 nitrogen and oxygen atoms in total. The van der Waals surface area contributed by atoms with Gasteiger partial charge in [0.2, 0.25) is 6.17 Å². The van der Waals surface area contributed by atoms with Gasteiger partial charge in [0.05, 0.1) is 21.3 Å². The lowest BCUT2D eigenvalue weighted by Gasteiger charge is -2.17. The molecule has 4 aromatic rings. The number of rotatable bonds is 6. The number of amides is 1. The summed E-state index contributed by atoms with van der Waals surface area (Å²) in [6.07, 6.45) is 3.91. The van der Waals surface area contributed by atoms with Gasteiger partial charge in [0, 0.05) is 42.0 Å². The standard InChI is InChI=1S/C29H24FN7O3S/c1-15(21-24(18-13-32-28(39)33-14-18)41-27(36-21)17-11-12-17)40-29(31-2)37-25-26(38)35-23-19(9-6-10-20(23)30)22(34-25)16-7-4-3-5-8-16/h3-10,13-14,17,25H,1,11-12H2,2H3,(H,31,37)(H,35,38)(H,32,33,39)/t25-/m0/s1. The van der Waals surface area contributed by atoms with Gasteiger partial charge in [-0.2, -0.15) is 0 Å². The van der Waals surface area contributed by atoms with E-state index in [2.05, 4.69) is 37.2 Å². The summed E-state index contributed by atoms with van der Waals surface area (Å²) in [5.41, 5.74) is 2.75. The van der Waals surface area contributed by atoms with Gasteiger partial charge in [0.15, 0.2) is 5.76 Å². The maximum Gasteiger partial charge on any atom is 0.313 e. The van der Waals surface area contributed by atoms with E-state index in [1.165, 1.54) is 36.8 Å². The predicted molar refractivity (Wildman–Crippen MR) is 154 cm³/mol. The van der Waals surface area contributed by atoms with Gasteiger partial charge in [-0.25, -0.2) is 29.3 Å². The zero-order valence-corrected chi connectivity index (χ0v) is 22.7. The van der Waals surface area contributed by atoms with Crippen LogP contribution in [-0.2, 0) is 9.53 Å². The third kappa shape index (κ3) is 5.41. The molecule has 0 spiro atoms. The molecule has 1 atom stereocenters. The van der Waals surface area contributed by atoms with Crippen molar-refractivity contribution in [1.82, 2.24) is 20.3 Å². The average Bonchev–Trinajstić information content (AvgIpc) is 3.76. The van der Waals surface area contributed by atoms with E-state index < -0.39 is 17.9 Å². The lowest BCUT2D eigenvalue weighted by molar-refractivity contribution is -0.117. The van der Waals surface area contributed by atoms with Crippen LogP contribution in [0.4, 0.5) is 10.1 Å². The van der Waals surface area contributed by atoms with Crippen LogP contribution in [0.5, 0.6) is 6.01 Å². The Kier molecular flexibility index (Phi) is 6.98. The number of amidine groups is 1. The Bertz CT molecular complexity index is 1700. The second-order valence-corrected chi connectivity index (χ2v) is 10.4. The molecule has 1 fully saturated rings. The number of para-hydroxylation sites is 1. The molecule has 0 radical (unpaired) electrons. The van der Waals surface area contributed by atoms with Gasteiger partial charge in [-0.3, -0.25) is 4.79 Å². The van der Waals surface area contributed by atoms with E-state index in [4.69, 9.17) is 9.72 Å². The van der Waals surface area contributed by atoms with Crippen LogP contribution in [-0.4, -0.2) is 50.9 Å². The van der Waals surface area contributed by atoms with Crippen molar-refractivity contribution in [2.24, 2.45) is 9.98 Å². The average molecular weight is 570 g/mol. The van der Waals surface area contributed by atoms with Crippen LogP contribution in [0.3, 0.4) is 0 Å². The first-order chi connectivity index (χ1) is 19.9. The molecule has 41 heavy (non-hydrogen) atoms. The number of hydrogen-bond donors (Lipinski definition) is 3. The molecule has 1 aliphatic heterocycles. The number of benzene rings is 2. The summed E-state index contributed by atoms with van der Waals surface area (Å²) in [6.45, 7) is 4.07. The number of aromatic nitrogens is 3. The van der Waals surface area contributed by atoms with Crippen molar-refractivity contribution in [3.8, 4) is 16.5 Å². The Morgan fingerprint density at radius 2 is 1.90 bits per heavy atom. The zero-order valence-electron chi connectivity index (χ0n) is 21.8. The van der Waals surface area contributed by atoms with E-state index in [1.807, 2.05) is 30.3 Å². The fraction of sp³-hybridized carbons (Fsp3) is 0.172. The summed E-state index contributed by atoms with van der Waals surface area (Å²) in [7, 11) is 1.49. The maximum absolute atomic E-state index is 14.8. The highest BCUT2D eigenvalue weighted by Gasteiger charge is 2.31. The molecule has 1 saturated carbocycles. The smallest absolute Gasteiger partial charge is 0.313 e. The van der Waals surface area contributed by atoms with Crippen molar-refractivity contribution in [1.29, 1.82) is 0 Å². The minimum atomic E-state index is -1.20. The third-order valence-electron chi connectivity index (χ3n) is 6.49. The van der Waals surface area contributed by atoms with Crippen LogP contribution < -0.4 is 10.6 Å². The van der Waals surface area contributed by atoms with Crippen LogP contribution in [0.1, 0.15) is 40.6 Å². The van der Waals surface area contributed by atoms with Gasteiger partial charge in [0.25, 0.3) is 11.9 Å². The first-order valence-electron chi connectivity index (χ1n) is 12.8. The highest BCUT2D eigenvalue weighted by Crippen LogP contribution is 2.46. The number of fused-ring (bicyclic) bond motifs is 1. The van der Waals surface area contributed by atoms with Crippen LogP contribution in [0.25, 0.3) is 16.2 Å². The summed E-state index contributed by atoms with van der Waals surface area (Å²) in [6, 6.07) is 13.4. The first-order valence-corrected chi connectivity index (χ1v) is 13.6. The van der Waals surface area contributed by atoms with E-state index in [0.717, 1.165) is 22.7 Å². The fourth-order valence-corrected chi connectivity index (χ4v) is 5.54. The van der Waals surface area contributed by atoms with Crippen molar-refractivity contribution in [3.63, 3.8) is 0 Å². The molecule has 0 saturated heterocycles. The molecule has 3 N–H and O–H groups in total. The zero-order chi connectivity index (χ0) is 28.5. The Hall–Kier alpha value is -4.97. The molecule has 2 aromatic heterocycles. The molecule has 1 amide bonds. The highest BCUT2D eigenvalue weighted by molar-refractivity contribution is 7.15. The second-order valence-electron chi connectivity index (χ2n) is 9.37. The summed E-state index contributed by atoms with van der Waals surface area (Å²) >= 11 is 1.49. The Labute approximate surface area is 238 Å². The fourth-order valence-electron chi connectivity index (χ4n) is 4.31. The van der Waals surface area contributed by atoms with Gasteiger partial charge in [-0.15, -0.1) is 11.3 Å². The number of carbonyl (C=O) groups excluding carboxylic acids is 1. The number of nitrogens with zero attached hydrogens (tertiary/aromatic N) is 5. The van der Waals surface area contributed by atoms with Crippen molar-refractivity contribution in [3.05, 3.63) is 95.1 Å². The lowest BCUT2D eigenvalue weighted by atomic mass is 10.0. The van der Waals surface area contributed by atoms with Crippen molar-refractivity contribution in [2.75, 3.05) is 12.4 Å². The van der Waals surface area contributed by atoms with E-state index in [-0.39, 0.29) is 23.5 Å². The molecule has 0 unspecified atom stereocenters. The molecular weight excluding hydrogens is 545 g/mol. The number of aliphatic imine (C=N–C) groups is 2. The monoisotopic (exact) mass is 569 g/mol. The Morgan fingerprint density at radius 1 is 1.15 bits per heavy atom.